The first-order valence-corrected chi connectivity index (χ1v) is 6.63. The van der Waals surface area contributed by atoms with Crippen LogP contribution in [0.25, 0.3) is 0 Å². The lowest BCUT2D eigenvalue weighted by molar-refractivity contribution is -0.119. The molecule has 1 atom stereocenters. The first-order chi connectivity index (χ1) is 9.57. The highest BCUT2D eigenvalue weighted by Crippen LogP contribution is 2.12. The Morgan fingerprint density at radius 2 is 2.35 bits per heavy atom. The molecule has 1 saturated heterocycles. The van der Waals surface area contributed by atoms with Crippen LogP contribution in [-0.2, 0) is 11.3 Å². The lowest BCUT2D eigenvalue weighted by Crippen LogP contribution is -2.50. The van der Waals surface area contributed by atoms with Gasteiger partial charge >= 0.3 is 6.03 Å². The summed E-state index contributed by atoms with van der Waals surface area (Å²) in [7, 11) is 0. The topological polar surface area (TPSA) is 95.4 Å². The first-order valence-electron chi connectivity index (χ1n) is 6.63. The molecular weight excluding hydrogens is 260 g/mol. The van der Waals surface area contributed by atoms with E-state index in [-0.39, 0.29) is 24.5 Å². The van der Waals surface area contributed by atoms with Crippen molar-refractivity contribution in [2.75, 3.05) is 19.6 Å². The SMILES string of the molecule is CC1(NCC(=O)NC(=O)NCc2ccco2)CCNC1. The summed E-state index contributed by atoms with van der Waals surface area (Å²) in [5.41, 5.74) is -0.0814. The van der Waals surface area contributed by atoms with Gasteiger partial charge in [-0.2, -0.15) is 0 Å². The van der Waals surface area contributed by atoms with Gasteiger partial charge in [-0.05, 0) is 32.0 Å². The Morgan fingerprint density at radius 1 is 1.50 bits per heavy atom. The fourth-order valence-electron chi connectivity index (χ4n) is 2.06. The lowest BCUT2D eigenvalue weighted by atomic mass is 10.0. The van der Waals surface area contributed by atoms with E-state index < -0.39 is 6.03 Å². The van der Waals surface area contributed by atoms with E-state index in [2.05, 4.69) is 28.2 Å². The van der Waals surface area contributed by atoms with Crippen molar-refractivity contribution in [3.8, 4) is 0 Å². The van der Waals surface area contributed by atoms with Crippen molar-refractivity contribution in [2.45, 2.75) is 25.4 Å². The molecule has 1 aliphatic heterocycles. The van der Waals surface area contributed by atoms with Crippen LogP contribution in [0.15, 0.2) is 22.8 Å². The molecule has 0 bridgehead atoms. The van der Waals surface area contributed by atoms with Crippen LogP contribution < -0.4 is 21.3 Å². The number of imide groups is 1. The van der Waals surface area contributed by atoms with Gasteiger partial charge in [0.1, 0.15) is 5.76 Å². The average Bonchev–Trinajstić information content (AvgIpc) is 3.06. The van der Waals surface area contributed by atoms with Crippen molar-refractivity contribution in [3.63, 3.8) is 0 Å². The van der Waals surface area contributed by atoms with Crippen molar-refractivity contribution in [3.05, 3.63) is 24.2 Å². The van der Waals surface area contributed by atoms with Crippen LogP contribution in [0.2, 0.25) is 0 Å². The summed E-state index contributed by atoms with van der Waals surface area (Å²) in [5.74, 6) is 0.283. The molecule has 1 fully saturated rings. The fourth-order valence-corrected chi connectivity index (χ4v) is 2.06. The van der Waals surface area contributed by atoms with Crippen LogP contribution in [0.3, 0.4) is 0 Å². The van der Waals surface area contributed by atoms with Gasteiger partial charge < -0.3 is 20.4 Å². The average molecular weight is 280 g/mol. The van der Waals surface area contributed by atoms with Crippen LogP contribution in [0, 0.1) is 0 Å². The quantitative estimate of drug-likeness (QED) is 0.606. The molecule has 0 spiro atoms. The summed E-state index contributed by atoms with van der Waals surface area (Å²) < 4.78 is 5.07. The maximum absolute atomic E-state index is 11.6. The molecule has 7 heteroatoms. The van der Waals surface area contributed by atoms with Crippen molar-refractivity contribution in [1.29, 1.82) is 0 Å². The Morgan fingerprint density at radius 3 is 3.00 bits per heavy atom. The number of hydrogen-bond acceptors (Lipinski definition) is 5. The van der Waals surface area contributed by atoms with E-state index in [1.165, 1.54) is 6.26 Å². The molecule has 0 aromatic carbocycles. The zero-order chi connectivity index (χ0) is 14.4. The smallest absolute Gasteiger partial charge is 0.321 e. The molecule has 1 unspecified atom stereocenters. The highest BCUT2D eigenvalue weighted by molar-refractivity contribution is 5.95. The van der Waals surface area contributed by atoms with Crippen molar-refractivity contribution >= 4 is 11.9 Å². The number of nitrogens with one attached hydrogen (secondary N) is 4. The third-order valence-electron chi connectivity index (χ3n) is 3.30. The Hall–Kier alpha value is -1.86. The minimum Gasteiger partial charge on any atom is -0.467 e. The molecule has 110 valence electrons. The maximum Gasteiger partial charge on any atom is 0.321 e. The number of amides is 3. The van der Waals surface area contributed by atoms with Gasteiger partial charge in [0.2, 0.25) is 5.91 Å². The fraction of sp³-hybridized carbons (Fsp3) is 0.538. The highest BCUT2D eigenvalue weighted by atomic mass is 16.3. The number of rotatable bonds is 5. The van der Waals surface area contributed by atoms with E-state index in [0.29, 0.717) is 5.76 Å². The predicted molar refractivity (Wildman–Crippen MR) is 73.0 cm³/mol. The number of hydrogen-bond donors (Lipinski definition) is 4. The van der Waals surface area contributed by atoms with Crippen molar-refractivity contribution in [1.82, 2.24) is 21.3 Å². The van der Waals surface area contributed by atoms with E-state index in [0.717, 1.165) is 19.5 Å². The molecule has 1 aromatic rings. The third-order valence-corrected chi connectivity index (χ3v) is 3.30. The van der Waals surface area contributed by atoms with Crippen molar-refractivity contribution in [2.24, 2.45) is 0 Å². The Bertz CT molecular complexity index is 452. The van der Waals surface area contributed by atoms with Gasteiger partial charge in [-0.25, -0.2) is 4.79 Å². The lowest BCUT2D eigenvalue weighted by Gasteiger charge is -2.23. The van der Waals surface area contributed by atoms with Gasteiger partial charge in [0.25, 0.3) is 0 Å². The van der Waals surface area contributed by atoms with Crippen LogP contribution in [0.4, 0.5) is 4.79 Å². The minimum absolute atomic E-state index is 0.0814. The van der Waals surface area contributed by atoms with Crippen LogP contribution in [0.1, 0.15) is 19.1 Å². The van der Waals surface area contributed by atoms with Gasteiger partial charge in [0, 0.05) is 12.1 Å². The normalized spacial score (nSPS) is 21.6. The Balaban J connectivity index is 1.64. The van der Waals surface area contributed by atoms with Gasteiger partial charge in [-0.1, -0.05) is 0 Å². The molecule has 0 radical (unpaired) electrons. The molecule has 0 saturated carbocycles. The zero-order valence-electron chi connectivity index (χ0n) is 11.5. The molecule has 20 heavy (non-hydrogen) atoms. The van der Waals surface area contributed by atoms with Crippen LogP contribution in [-0.4, -0.2) is 37.1 Å². The molecular formula is C13H20N4O3. The van der Waals surface area contributed by atoms with Gasteiger partial charge in [-0.15, -0.1) is 0 Å². The number of carbonyl (C=O) groups excluding carboxylic acids is 2. The summed E-state index contributed by atoms with van der Waals surface area (Å²) >= 11 is 0. The standard InChI is InChI=1S/C13H20N4O3/c1-13(4-5-14-9-13)16-8-11(18)17-12(19)15-7-10-3-2-6-20-10/h2-3,6,14,16H,4-5,7-9H2,1H3,(H2,15,17,18,19). The second-order valence-electron chi connectivity index (χ2n) is 5.15. The predicted octanol–water partition coefficient (Wildman–Crippen LogP) is -0.0530. The first kappa shape index (κ1) is 14.5. The van der Waals surface area contributed by atoms with E-state index in [4.69, 9.17) is 4.42 Å². The number of urea groups is 1. The summed E-state index contributed by atoms with van der Waals surface area (Å²) in [5, 5.41) is 11.2. The second kappa shape index (κ2) is 6.53. The van der Waals surface area contributed by atoms with Gasteiger partial charge in [-0.3, -0.25) is 10.1 Å². The summed E-state index contributed by atoms with van der Waals surface area (Å²) in [6.45, 7) is 4.19. The summed E-state index contributed by atoms with van der Waals surface area (Å²) in [6, 6.07) is 2.96. The van der Waals surface area contributed by atoms with E-state index in [1.54, 1.807) is 12.1 Å². The third kappa shape index (κ3) is 4.36. The van der Waals surface area contributed by atoms with Gasteiger partial charge in [0.05, 0.1) is 19.4 Å². The second-order valence-corrected chi connectivity index (χ2v) is 5.15. The molecule has 4 N–H and O–H groups in total. The van der Waals surface area contributed by atoms with E-state index >= 15 is 0 Å². The molecule has 1 aromatic heterocycles. The number of furan rings is 1. The number of carbonyl (C=O) groups is 2. The van der Waals surface area contributed by atoms with Crippen LogP contribution in [0.5, 0.6) is 0 Å². The van der Waals surface area contributed by atoms with Crippen LogP contribution >= 0.6 is 0 Å². The molecule has 3 amide bonds. The minimum atomic E-state index is -0.525. The molecule has 0 aliphatic carbocycles. The largest absolute Gasteiger partial charge is 0.467 e. The molecule has 1 aliphatic rings. The Kier molecular flexibility index (Phi) is 4.75. The van der Waals surface area contributed by atoms with Gasteiger partial charge in [0.15, 0.2) is 0 Å². The monoisotopic (exact) mass is 280 g/mol. The zero-order valence-corrected chi connectivity index (χ0v) is 11.5. The van der Waals surface area contributed by atoms with Crippen molar-refractivity contribution < 1.29 is 14.0 Å². The molecule has 7 nitrogen and oxygen atoms in total. The van der Waals surface area contributed by atoms with E-state index in [1.807, 2.05) is 0 Å². The summed E-state index contributed by atoms with van der Waals surface area (Å²) in [6.07, 6.45) is 2.49. The highest BCUT2D eigenvalue weighted by Gasteiger charge is 2.28. The molecule has 2 rings (SSSR count). The molecule has 2 heterocycles. The Labute approximate surface area is 117 Å². The maximum atomic E-state index is 11.6. The summed E-state index contributed by atoms with van der Waals surface area (Å²) in [4.78, 5) is 23.1. The van der Waals surface area contributed by atoms with E-state index in [9.17, 15) is 9.59 Å².